The Kier molecular flexibility index (Phi) is 7.19. The molecule has 128 valence electrons. The molecule has 1 aliphatic heterocycles. The zero-order valence-electron chi connectivity index (χ0n) is 13.9. The number of benzene rings is 1. The van der Waals surface area contributed by atoms with Gasteiger partial charge in [0.25, 0.3) is 0 Å². The van der Waals surface area contributed by atoms with E-state index < -0.39 is 0 Å². The van der Waals surface area contributed by atoms with E-state index in [-0.39, 0.29) is 5.91 Å². The largest absolute Gasteiger partial charge is 0.355 e. The standard InChI is InChI=1S/C18H26Cl2N2O/c1-13-7-9-22(10-8-13)14(2)12-21-18(23)6-4-15-3-5-16(19)17(20)11-15/h3,5,11,13-14H,4,6-10,12H2,1-2H3,(H,21,23). The summed E-state index contributed by atoms with van der Waals surface area (Å²) in [5, 5.41) is 4.13. The Morgan fingerprint density at radius 1 is 1.30 bits per heavy atom. The van der Waals surface area contributed by atoms with E-state index in [9.17, 15) is 4.79 Å². The lowest BCUT2D eigenvalue weighted by Crippen LogP contribution is -2.45. The second-order valence-electron chi connectivity index (χ2n) is 6.62. The van der Waals surface area contributed by atoms with Gasteiger partial charge < -0.3 is 5.32 Å². The number of rotatable bonds is 6. The van der Waals surface area contributed by atoms with Gasteiger partial charge in [0.1, 0.15) is 0 Å². The average Bonchev–Trinajstić information content (AvgIpc) is 2.54. The minimum absolute atomic E-state index is 0.0910. The van der Waals surface area contributed by atoms with Gasteiger partial charge in [0, 0.05) is 19.0 Å². The molecule has 0 bridgehead atoms. The summed E-state index contributed by atoms with van der Waals surface area (Å²) < 4.78 is 0. The van der Waals surface area contributed by atoms with Crippen molar-refractivity contribution >= 4 is 29.1 Å². The molecule has 0 aliphatic carbocycles. The first-order valence-corrected chi connectivity index (χ1v) is 9.16. The molecule has 1 heterocycles. The van der Waals surface area contributed by atoms with E-state index in [2.05, 4.69) is 24.1 Å². The lowest BCUT2D eigenvalue weighted by atomic mass is 9.98. The molecule has 1 fully saturated rings. The van der Waals surface area contributed by atoms with Crippen LogP contribution in [0.5, 0.6) is 0 Å². The summed E-state index contributed by atoms with van der Waals surface area (Å²) in [5.74, 6) is 0.924. The molecule has 2 rings (SSSR count). The predicted molar refractivity (Wildman–Crippen MR) is 97.2 cm³/mol. The molecule has 0 saturated carbocycles. The maximum atomic E-state index is 12.0. The van der Waals surface area contributed by atoms with Crippen molar-refractivity contribution in [3.05, 3.63) is 33.8 Å². The minimum Gasteiger partial charge on any atom is -0.355 e. The third kappa shape index (κ3) is 5.98. The quantitative estimate of drug-likeness (QED) is 0.829. The molecule has 0 radical (unpaired) electrons. The van der Waals surface area contributed by atoms with Crippen LogP contribution >= 0.6 is 23.2 Å². The highest BCUT2D eigenvalue weighted by Gasteiger charge is 2.20. The molecule has 1 saturated heterocycles. The highest BCUT2D eigenvalue weighted by molar-refractivity contribution is 6.42. The van der Waals surface area contributed by atoms with Crippen molar-refractivity contribution in [1.82, 2.24) is 10.2 Å². The van der Waals surface area contributed by atoms with Gasteiger partial charge in [-0.05, 0) is 62.9 Å². The molecular weight excluding hydrogens is 331 g/mol. The summed E-state index contributed by atoms with van der Waals surface area (Å²) in [5.41, 5.74) is 1.03. The van der Waals surface area contributed by atoms with E-state index in [1.165, 1.54) is 12.8 Å². The van der Waals surface area contributed by atoms with Crippen LogP contribution in [0.2, 0.25) is 10.0 Å². The summed E-state index contributed by atoms with van der Waals surface area (Å²) in [7, 11) is 0. The molecular formula is C18H26Cl2N2O. The maximum Gasteiger partial charge on any atom is 0.220 e. The zero-order chi connectivity index (χ0) is 16.8. The van der Waals surface area contributed by atoms with Crippen molar-refractivity contribution in [2.24, 2.45) is 5.92 Å². The second kappa shape index (κ2) is 8.91. The number of nitrogens with zero attached hydrogens (tertiary/aromatic N) is 1. The smallest absolute Gasteiger partial charge is 0.220 e. The van der Waals surface area contributed by atoms with Crippen LogP contribution in [0.3, 0.4) is 0 Å². The van der Waals surface area contributed by atoms with E-state index in [4.69, 9.17) is 23.2 Å². The molecule has 23 heavy (non-hydrogen) atoms. The number of amides is 1. The Labute approximate surface area is 149 Å². The van der Waals surface area contributed by atoms with Crippen molar-refractivity contribution < 1.29 is 4.79 Å². The molecule has 1 unspecified atom stereocenters. The van der Waals surface area contributed by atoms with Crippen molar-refractivity contribution in [2.45, 2.75) is 45.6 Å². The van der Waals surface area contributed by atoms with Gasteiger partial charge in [-0.1, -0.05) is 36.2 Å². The Balaban J connectivity index is 1.69. The Morgan fingerprint density at radius 2 is 2.00 bits per heavy atom. The van der Waals surface area contributed by atoms with E-state index in [1.54, 1.807) is 6.07 Å². The first kappa shape index (κ1) is 18.6. The van der Waals surface area contributed by atoms with Gasteiger partial charge in [-0.3, -0.25) is 9.69 Å². The predicted octanol–water partition coefficient (Wildman–Crippen LogP) is 4.16. The van der Waals surface area contributed by atoms with Gasteiger partial charge in [0.2, 0.25) is 5.91 Å². The molecule has 5 heteroatoms. The van der Waals surface area contributed by atoms with Gasteiger partial charge in [0.15, 0.2) is 0 Å². The summed E-state index contributed by atoms with van der Waals surface area (Å²) in [6.07, 6.45) is 3.67. The van der Waals surface area contributed by atoms with Crippen LogP contribution in [0.1, 0.15) is 38.7 Å². The van der Waals surface area contributed by atoms with Gasteiger partial charge in [0.05, 0.1) is 10.0 Å². The number of likely N-dealkylation sites (tertiary alicyclic amines) is 1. The fourth-order valence-corrected chi connectivity index (χ4v) is 3.22. The number of aryl methyl sites for hydroxylation is 1. The Bertz CT molecular complexity index is 528. The normalized spacial score (nSPS) is 17.9. The zero-order valence-corrected chi connectivity index (χ0v) is 15.5. The van der Waals surface area contributed by atoms with Crippen molar-refractivity contribution in [3.8, 4) is 0 Å². The minimum atomic E-state index is 0.0910. The molecule has 1 aromatic carbocycles. The Morgan fingerprint density at radius 3 is 2.65 bits per heavy atom. The number of halogens is 2. The lowest BCUT2D eigenvalue weighted by Gasteiger charge is -2.35. The maximum absolute atomic E-state index is 12.0. The molecule has 3 nitrogen and oxygen atoms in total. The van der Waals surface area contributed by atoms with Gasteiger partial charge >= 0.3 is 0 Å². The molecule has 1 N–H and O–H groups in total. The van der Waals surface area contributed by atoms with Crippen LogP contribution in [0, 0.1) is 5.92 Å². The van der Waals surface area contributed by atoms with Crippen molar-refractivity contribution in [3.63, 3.8) is 0 Å². The SMILES string of the molecule is CC1CCN(C(C)CNC(=O)CCc2ccc(Cl)c(Cl)c2)CC1. The number of piperidine rings is 1. The van der Waals surface area contributed by atoms with Crippen molar-refractivity contribution in [1.29, 1.82) is 0 Å². The van der Waals surface area contributed by atoms with Crippen LogP contribution in [0.4, 0.5) is 0 Å². The molecule has 1 atom stereocenters. The van der Waals surface area contributed by atoms with E-state index in [0.717, 1.165) is 24.6 Å². The molecule has 1 aromatic rings. The number of nitrogens with one attached hydrogen (secondary N) is 1. The van der Waals surface area contributed by atoms with E-state index >= 15 is 0 Å². The Hall–Kier alpha value is -0.770. The molecule has 1 amide bonds. The van der Waals surface area contributed by atoms with E-state index in [0.29, 0.717) is 35.5 Å². The van der Waals surface area contributed by atoms with E-state index in [1.807, 2.05) is 12.1 Å². The fourth-order valence-electron chi connectivity index (χ4n) is 2.90. The molecule has 0 spiro atoms. The first-order valence-electron chi connectivity index (χ1n) is 8.40. The van der Waals surface area contributed by atoms with Gasteiger partial charge in [-0.15, -0.1) is 0 Å². The van der Waals surface area contributed by atoms with Crippen LogP contribution in [0.25, 0.3) is 0 Å². The molecule has 0 aromatic heterocycles. The van der Waals surface area contributed by atoms with Gasteiger partial charge in [-0.2, -0.15) is 0 Å². The second-order valence-corrected chi connectivity index (χ2v) is 7.43. The first-order chi connectivity index (χ1) is 11.0. The summed E-state index contributed by atoms with van der Waals surface area (Å²) in [6, 6.07) is 5.92. The van der Waals surface area contributed by atoms with Crippen LogP contribution < -0.4 is 5.32 Å². The number of carbonyl (C=O) groups excluding carboxylic acids is 1. The highest BCUT2D eigenvalue weighted by atomic mass is 35.5. The number of hydrogen-bond acceptors (Lipinski definition) is 2. The monoisotopic (exact) mass is 356 g/mol. The number of hydrogen-bond donors (Lipinski definition) is 1. The third-order valence-electron chi connectivity index (χ3n) is 4.66. The summed E-state index contributed by atoms with van der Waals surface area (Å²) >= 11 is 11.9. The number of carbonyl (C=O) groups is 1. The van der Waals surface area contributed by atoms with Crippen molar-refractivity contribution in [2.75, 3.05) is 19.6 Å². The average molecular weight is 357 g/mol. The summed E-state index contributed by atoms with van der Waals surface area (Å²) in [4.78, 5) is 14.5. The van der Waals surface area contributed by atoms with Crippen LogP contribution in [-0.4, -0.2) is 36.5 Å². The van der Waals surface area contributed by atoms with Gasteiger partial charge in [-0.25, -0.2) is 0 Å². The highest BCUT2D eigenvalue weighted by Crippen LogP contribution is 2.23. The van der Waals surface area contributed by atoms with Crippen LogP contribution in [0.15, 0.2) is 18.2 Å². The third-order valence-corrected chi connectivity index (χ3v) is 5.40. The fraction of sp³-hybridized carbons (Fsp3) is 0.611. The topological polar surface area (TPSA) is 32.3 Å². The lowest BCUT2D eigenvalue weighted by molar-refractivity contribution is -0.121. The molecule has 1 aliphatic rings. The van der Waals surface area contributed by atoms with Crippen LogP contribution in [-0.2, 0) is 11.2 Å². The summed E-state index contributed by atoms with van der Waals surface area (Å²) in [6.45, 7) is 7.50.